The van der Waals surface area contributed by atoms with Gasteiger partial charge in [-0.1, -0.05) is 23.9 Å². The van der Waals surface area contributed by atoms with E-state index in [4.69, 9.17) is 10.2 Å². The molecule has 0 bridgehead atoms. The second-order valence-electron chi connectivity index (χ2n) is 2.25. The van der Waals surface area contributed by atoms with Crippen molar-refractivity contribution in [2.45, 2.75) is 16.3 Å². The van der Waals surface area contributed by atoms with Crippen molar-refractivity contribution in [2.24, 2.45) is 0 Å². The molecule has 1 rings (SSSR count). The largest absolute Gasteiger partial charge is 0.359 e. The van der Waals surface area contributed by atoms with Gasteiger partial charge in [-0.05, 0) is 17.7 Å². The number of aliphatic hydroxyl groups is 2. The first-order valence-corrected chi connectivity index (χ1v) is 4.96. The molecule has 0 aromatic heterocycles. The lowest BCUT2D eigenvalue weighted by atomic mass is 10.2. The van der Waals surface area contributed by atoms with Crippen molar-refractivity contribution < 1.29 is 10.2 Å². The Morgan fingerprint density at radius 3 is 2.25 bits per heavy atom. The summed E-state index contributed by atoms with van der Waals surface area (Å²) in [7, 11) is 0. The maximum atomic E-state index is 8.64. The van der Waals surface area contributed by atoms with Crippen LogP contribution in [0, 0.1) is 0 Å². The number of thioether (sulfide) groups is 1. The molecule has 2 nitrogen and oxygen atoms in total. The van der Waals surface area contributed by atoms with Crippen LogP contribution >= 0.6 is 24.4 Å². The van der Waals surface area contributed by atoms with E-state index in [-0.39, 0.29) is 0 Å². The summed E-state index contributed by atoms with van der Waals surface area (Å²) in [5, 5.41) is 17.3. The molecule has 0 amide bonds. The Labute approximate surface area is 81.0 Å². The van der Waals surface area contributed by atoms with E-state index < -0.39 is 5.62 Å². The molecule has 0 radical (unpaired) electrons. The van der Waals surface area contributed by atoms with Crippen LogP contribution in [0.25, 0.3) is 0 Å². The molecule has 0 aliphatic rings. The fourth-order valence-corrected chi connectivity index (χ4v) is 1.54. The molecular weight excluding hydrogens is 192 g/mol. The molecule has 0 aliphatic carbocycles. The lowest BCUT2D eigenvalue weighted by Gasteiger charge is -2.03. The minimum absolute atomic E-state index is 0.701. The van der Waals surface area contributed by atoms with Gasteiger partial charge >= 0.3 is 0 Å². The summed E-state index contributed by atoms with van der Waals surface area (Å²) in [6.07, 6.45) is 0. The topological polar surface area (TPSA) is 40.5 Å². The SMILES string of the molecule is OC(O)Sc1ccc(CS)cc1. The van der Waals surface area contributed by atoms with E-state index in [0.29, 0.717) is 5.75 Å². The summed E-state index contributed by atoms with van der Waals surface area (Å²) in [4.78, 5) is 0.843. The van der Waals surface area contributed by atoms with Crippen LogP contribution in [0.4, 0.5) is 0 Å². The summed E-state index contributed by atoms with van der Waals surface area (Å²) in [6.45, 7) is 0. The summed E-state index contributed by atoms with van der Waals surface area (Å²) in [6, 6.07) is 7.51. The quantitative estimate of drug-likeness (QED) is 0.395. The van der Waals surface area contributed by atoms with Crippen molar-refractivity contribution in [3.63, 3.8) is 0 Å². The molecule has 0 spiro atoms. The molecule has 0 fully saturated rings. The lowest BCUT2D eigenvalue weighted by Crippen LogP contribution is -1.95. The predicted octanol–water partition coefficient (Wildman–Crippen LogP) is 1.48. The first kappa shape index (κ1) is 9.92. The van der Waals surface area contributed by atoms with Gasteiger partial charge in [0, 0.05) is 10.6 Å². The molecule has 4 heteroatoms. The fraction of sp³-hybridized carbons (Fsp3) is 0.250. The fourth-order valence-electron chi connectivity index (χ4n) is 0.795. The summed E-state index contributed by atoms with van der Waals surface area (Å²) >= 11 is 5.11. The molecule has 1 aromatic carbocycles. The maximum Gasteiger partial charge on any atom is 0.206 e. The Kier molecular flexibility index (Phi) is 3.94. The molecule has 0 unspecified atom stereocenters. The van der Waals surface area contributed by atoms with Gasteiger partial charge in [-0.2, -0.15) is 12.6 Å². The van der Waals surface area contributed by atoms with Crippen molar-refractivity contribution >= 4 is 24.4 Å². The van der Waals surface area contributed by atoms with Gasteiger partial charge in [0.1, 0.15) is 0 Å². The molecule has 0 saturated carbocycles. The zero-order valence-corrected chi connectivity index (χ0v) is 8.05. The molecule has 12 heavy (non-hydrogen) atoms. The van der Waals surface area contributed by atoms with Crippen LogP contribution in [0.1, 0.15) is 5.56 Å². The highest BCUT2D eigenvalue weighted by molar-refractivity contribution is 7.99. The van der Waals surface area contributed by atoms with Crippen LogP contribution in [-0.4, -0.2) is 15.8 Å². The second kappa shape index (κ2) is 4.77. The molecule has 1 aromatic rings. The van der Waals surface area contributed by atoms with Crippen molar-refractivity contribution in [3.05, 3.63) is 29.8 Å². The minimum atomic E-state index is -1.34. The first-order chi connectivity index (χ1) is 5.72. The molecule has 2 N–H and O–H groups in total. The zero-order chi connectivity index (χ0) is 8.97. The van der Waals surface area contributed by atoms with Crippen LogP contribution in [-0.2, 0) is 5.75 Å². The molecule has 0 saturated heterocycles. The van der Waals surface area contributed by atoms with Crippen LogP contribution < -0.4 is 0 Å². The lowest BCUT2D eigenvalue weighted by molar-refractivity contribution is 0.0405. The number of rotatable bonds is 3. The smallest absolute Gasteiger partial charge is 0.206 e. The van der Waals surface area contributed by atoms with E-state index in [9.17, 15) is 0 Å². The highest BCUT2D eigenvalue weighted by Gasteiger charge is 1.99. The molecule has 0 heterocycles. The number of aliphatic hydroxyl groups excluding tert-OH is 1. The Bertz CT molecular complexity index is 233. The third-order valence-corrected chi connectivity index (χ3v) is 2.47. The van der Waals surface area contributed by atoms with Crippen LogP contribution in [0.5, 0.6) is 0 Å². The maximum absolute atomic E-state index is 8.64. The Balaban J connectivity index is 2.65. The highest BCUT2D eigenvalue weighted by Crippen LogP contribution is 2.20. The number of hydrogen-bond acceptors (Lipinski definition) is 4. The van der Waals surface area contributed by atoms with Gasteiger partial charge in [-0.15, -0.1) is 0 Å². The van der Waals surface area contributed by atoms with Crippen molar-refractivity contribution in [1.82, 2.24) is 0 Å². The van der Waals surface area contributed by atoms with E-state index in [1.807, 2.05) is 24.3 Å². The summed E-state index contributed by atoms with van der Waals surface area (Å²) in [5.41, 5.74) is -0.220. The predicted molar refractivity (Wildman–Crippen MR) is 53.2 cm³/mol. The van der Waals surface area contributed by atoms with Crippen molar-refractivity contribution in [2.75, 3.05) is 0 Å². The molecule has 0 atom stereocenters. The third kappa shape index (κ3) is 3.06. The van der Waals surface area contributed by atoms with Gasteiger partial charge in [0.05, 0.1) is 0 Å². The Morgan fingerprint density at radius 2 is 1.83 bits per heavy atom. The van der Waals surface area contributed by atoms with Gasteiger partial charge in [0.2, 0.25) is 5.62 Å². The standard InChI is InChI=1S/C8H10O2S2/c9-8(10)12-7-3-1-6(5-11)2-4-7/h1-4,8-11H,5H2. The van der Waals surface area contributed by atoms with Crippen LogP contribution in [0.2, 0.25) is 0 Å². The van der Waals surface area contributed by atoms with E-state index in [1.54, 1.807) is 0 Å². The molecular formula is C8H10O2S2. The number of hydrogen-bond donors (Lipinski definition) is 3. The Morgan fingerprint density at radius 1 is 1.25 bits per heavy atom. The minimum Gasteiger partial charge on any atom is -0.359 e. The number of thiol groups is 1. The van der Waals surface area contributed by atoms with Gasteiger partial charge in [-0.25, -0.2) is 0 Å². The summed E-state index contributed by atoms with van der Waals surface area (Å²) < 4.78 is 0. The number of benzene rings is 1. The normalized spacial score (nSPS) is 10.7. The van der Waals surface area contributed by atoms with E-state index in [1.165, 1.54) is 0 Å². The highest BCUT2D eigenvalue weighted by atomic mass is 32.2. The van der Waals surface area contributed by atoms with E-state index in [0.717, 1.165) is 22.2 Å². The zero-order valence-electron chi connectivity index (χ0n) is 6.34. The van der Waals surface area contributed by atoms with Gasteiger partial charge in [-0.3, -0.25) is 0 Å². The summed E-state index contributed by atoms with van der Waals surface area (Å²) in [5.74, 6) is 0.701. The van der Waals surface area contributed by atoms with Gasteiger partial charge < -0.3 is 10.2 Å². The first-order valence-electron chi connectivity index (χ1n) is 3.45. The van der Waals surface area contributed by atoms with Crippen LogP contribution in [0.15, 0.2) is 29.2 Å². The van der Waals surface area contributed by atoms with Crippen molar-refractivity contribution in [3.8, 4) is 0 Å². The average molecular weight is 202 g/mol. The second-order valence-corrected chi connectivity index (χ2v) is 3.69. The third-order valence-electron chi connectivity index (χ3n) is 1.35. The average Bonchev–Trinajstić information content (AvgIpc) is 2.05. The van der Waals surface area contributed by atoms with E-state index >= 15 is 0 Å². The van der Waals surface area contributed by atoms with Crippen molar-refractivity contribution in [1.29, 1.82) is 0 Å². The molecule has 0 aliphatic heterocycles. The molecule has 66 valence electrons. The monoisotopic (exact) mass is 202 g/mol. The van der Waals surface area contributed by atoms with Crippen LogP contribution in [0.3, 0.4) is 0 Å². The van der Waals surface area contributed by atoms with Gasteiger partial charge in [0.25, 0.3) is 0 Å². The van der Waals surface area contributed by atoms with E-state index in [2.05, 4.69) is 12.6 Å². The van der Waals surface area contributed by atoms with Gasteiger partial charge in [0.15, 0.2) is 0 Å². The Hall–Kier alpha value is -0.160.